The van der Waals surface area contributed by atoms with Crippen molar-refractivity contribution in [3.05, 3.63) is 130 Å². The molecule has 9 rings (SSSR count). The predicted molar refractivity (Wildman–Crippen MR) is 254 cm³/mol. The van der Waals surface area contributed by atoms with Gasteiger partial charge in [0.1, 0.15) is 30.1 Å². The van der Waals surface area contributed by atoms with Crippen LogP contribution in [-0.4, -0.2) is 108 Å². The molecule has 0 saturated carbocycles. The summed E-state index contributed by atoms with van der Waals surface area (Å²) in [5.74, 6) is -0.599. The van der Waals surface area contributed by atoms with Crippen LogP contribution in [0.5, 0.6) is 5.75 Å². The normalized spacial score (nSPS) is 17.6. The minimum Gasteiger partial charge on any atom is -0.491 e. The number of amides is 3. The van der Waals surface area contributed by atoms with Gasteiger partial charge in [-0.1, -0.05) is 67.5 Å². The summed E-state index contributed by atoms with van der Waals surface area (Å²) in [6.07, 6.45) is 7.05. The Hall–Kier alpha value is -6.75. The molecule has 3 amide bonds. The van der Waals surface area contributed by atoms with Gasteiger partial charge in [0, 0.05) is 85.6 Å². The van der Waals surface area contributed by atoms with Crippen LogP contribution in [0.1, 0.15) is 71.4 Å². The molecule has 2 aliphatic heterocycles. The number of aliphatic hydroxyl groups excluding tert-OH is 1. The molecule has 0 bridgehead atoms. The molecule has 67 heavy (non-hydrogen) atoms. The lowest BCUT2D eigenvalue weighted by atomic mass is 9.98. The second-order valence-electron chi connectivity index (χ2n) is 17.6. The molecule has 5 heterocycles. The number of aryl methyl sites for hydroxylation is 3. The Morgan fingerprint density at radius 2 is 1.76 bits per heavy atom. The lowest BCUT2D eigenvalue weighted by Gasteiger charge is -2.35. The zero-order valence-electron chi connectivity index (χ0n) is 37.8. The monoisotopic (exact) mass is 922 g/mol. The van der Waals surface area contributed by atoms with E-state index in [1.807, 2.05) is 80.1 Å². The second kappa shape index (κ2) is 20.0. The molecule has 3 aromatic carbocycles. The number of pyridine rings is 1. The number of carbonyl (C=O) groups is 3. The molecule has 0 spiro atoms. The average molecular weight is 923 g/mol. The number of thiazole rings is 1. The molecular weight excluding hydrogens is 869 g/mol. The minimum atomic E-state index is -0.911. The van der Waals surface area contributed by atoms with Crippen LogP contribution in [-0.2, 0) is 40.4 Å². The fourth-order valence-electron chi connectivity index (χ4n) is 9.46. The number of aromatic nitrogens is 4. The summed E-state index contributed by atoms with van der Waals surface area (Å²) in [5.41, 5.74) is 12.6. The second-order valence-corrected chi connectivity index (χ2v) is 18.5. The molecule has 1 saturated heterocycles. The summed E-state index contributed by atoms with van der Waals surface area (Å²) >= 11 is 1.54. The lowest BCUT2D eigenvalue weighted by Crippen LogP contribution is -2.55. The molecule has 3 atom stereocenters. The first-order chi connectivity index (χ1) is 32.6. The number of benzene rings is 3. The number of likely N-dealkylation sites (tertiary alicyclic amines) is 1. The van der Waals surface area contributed by atoms with Crippen molar-refractivity contribution in [2.75, 3.05) is 26.4 Å². The third kappa shape index (κ3) is 9.60. The van der Waals surface area contributed by atoms with Crippen molar-refractivity contribution in [2.45, 2.75) is 84.3 Å². The third-order valence-electron chi connectivity index (χ3n) is 12.8. The minimum absolute atomic E-state index is 0.000937. The number of rotatable bonds is 17. The van der Waals surface area contributed by atoms with Crippen LogP contribution >= 0.6 is 11.3 Å². The van der Waals surface area contributed by atoms with Crippen molar-refractivity contribution in [1.29, 1.82) is 0 Å². The van der Waals surface area contributed by atoms with Gasteiger partial charge in [-0.05, 0) is 78.6 Å². The van der Waals surface area contributed by atoms with E-state index in [1.165, 1.54) is 16.2 Å². The van der Waals surface area contributed by atoms with Crippen molar-refractivity contribution in [1.82, 2.24) is 34.9 Å². The van der Waals surface area contributed by atoms with Crippen LogP contribution in [0, 0.1) is 12.8 Å². The standard InChI is InChI=1S/C51H54N8O7S/c1-31(2)47(59-27-38-7-4-5-8-41(38)50(59)62)51(63)58-28-39(60)25-44(58)49(61)53-26-37-10-9-36(48-32(3)54-30-67-48)24-45(37)66-22-21-65-20-6-19-57-29-42(46(55-57)33-15-17-52-18-16-33)35-11-13-40-34(23-35)12-14-43(40)56-64/h4-5,7-11,13,15-18,23-24,29-31,39,44,47,60,64H,6,12,14,19-22,25-28H2,1-3H3,(H,53,61)/b56-43+/t39-,44?,47+/m1/s1. The maximum Gasteiger partial charge on any atom is 0.255 e. The highest BCUT2D eigenvalue weighted by Crippen LogP contribution is 2.36. The number of aliphatic hydroxyl groups is 1. The van der Waals surface area contributed by atoms with Crippen LogP contribution in [0.2, 0.25) is 0 Å². The third-order valence-corrected chi connectivity index (χ3v) is 13.8. The van der Waals surface area contributed by atoms with E-state index in [4.69, 9.17) is 14.6 Å². The van der Waals surface area contributed by atoms with Gasteiger partial charge >= 0.3 is 0 Å². The van der Waals surface area contributed by atoms with Gasteiger partial charge in [-0.3, -0.25) is 24.0 Å². The van der Waals surface area contributed by atoms with Crippen molar-refractivity contribution >= 4 is 34.8 Å². The van der Waals surface area contributed by atoms with Gasteiger partial charge in [0.2, 0.25) is 11.8 Å². The fourth-order valence-corrected chi connectivity index (χ4v) is 10.3. The topological polar surface area (TPSA) is 185 Å². The maximum absolute atomic E-state index is 14.3. The molecule has 6 aromatic rings. The molecule has 346 valence electrons. The Morgan fingerprint density at radius 1 is 0.940 bits per heavy atom. The fraction of sp³-hybridized carbons (Fsp3) is 0.353. The van der Waals surface area contributed by atoms with Crippen LogP contribution in [0.25, 0.3) is 32.8 Å². The Kier molecular flexibility index (Phi) is 13.6. The van der Waals surface area contributed by atoms with Crippen LogP contribution in [0.4, 0.5) is 0 Å². The first-order valence-corrected chi connectivity index (χ1v) is 23.7. The number of fused-ring (bicyclic) bond motifs is 2. The molecule has 1 aliphatic carbocycles. The molecule has 16 heteroatoms. The number of nitrogens with one attached hydrogen (secondary N) is 1. The SMILES string of the molecule is Cc1ncsc1-c1ccc(CNC(=O)C2C[C@@H](O)CN2C(=O)[C@H](C(C)C)N2Cc3ccccc3C2=O)c(OCCOCCCn2cc(-c3ccc4c(c3)CC/C4=N\O)c(-c3ccncc3)n2)c1. The summed E-state index contributed by atoms with van der Waals surface area (Å²) in [6, 6.07) is 21.6. The number of ether oxygens (including phenoxy) is 2. The zero-order valence-corrected chi connectivity index (χ0v) is 38.6. The largest absolute Gasteiger partial charge is 0.491 e. The van der Waals surface area contributed by atoms with Gasteiger partial charge in [0.25, 0.3) is 5.91 Å². The molecule has 3 aliphatic rings. The predicted octanol–water partition coefficient (Wildman–Crippen LogP) is 6.91. The van der Waals surface area contributed by atoms with E-state index in [2.05, 4.69) is 38.8 Å². The molecular formula is C51H54N8O7S. The first-order valence-electron chi connectivity index (χ1n) is 22.8. The number of hydrogen-bond donors (Lipinski definition) is 3. The van der Waals surface area contributed by atoms with E-state index >= 15 is 0 Å². The van der Waals surface area contributed by atoms with E-state index in [9.17, 15) is 24.7 Å². The molecule has 15 nitrogen and oxygen atoms in total. The highest BCUT2D eigenvalue weighted by molar-refractivity contribution is 7.13. The van der Waals surface area contributed by atoms with Gasteiger partial charge in [0.05, 0.1) is 34.5 Å². The molecule has 1 fully saturated rings. The van der Waals surface area contributed by atoms with Gasteiger partial charge < -0.3 is 34.9 Å². The molecule has 1 unspecified atom stereocenters. The van der Waals surface area contributed by atoms with Crippen LogP contribution < -0.4 is 10.1 Å². The Bertz CT molecular complexity index is 2810. The van der Waals surface area contributed by atoms with Gasteiger partial charge in [0.15, 0.2) is 0 Å². The Balaban J connectivity index is 0.823. The van der Waals surface area contributed by atoms with Crippen LogP contribution in [0.3, 0.4) is 0 Å². The first kappa shape index (κ1) is 45.4. The smallest absolute Gasteiger partial charge is 0.255 e. The summed E-state index contributed by atoms with van der Waals surface area (Å²) in [7, 11) is 0. The van der Waals surface area contributed by atoms with Crippen molar-refractivity contribution in [2.24, 2.45) is 11.1 Å². The zero-order chi connectivity index (χ0) is 46.6. The average Bonchev–Trinajstić information content (AvgIpc) is 4.19. The summed E-state index contributed by atoms with van der Waals surface area (Å²) in [6.45, 7) is 7.88. The van der Waals surface area contributed by atoms with Gasteiger partial charge in [-0.25, -0.2) is 4.98 Å². The maximum atomic E-state index is 14.3. The van der Waals surface area contributed by atoms with Crippen molar-refractivity contribution < 1.29 is 34.2 Å². The van der Waals surface area contributed by atoms with E-state index in [-0.39, 0.29) is 43.8 Å². The van der Waals surface area contributed by atoms with E-state index in [0.717, 1.165) is 67.2 Å². The number of β-amino-alcohol motifs (C(OH)–C–C–N with tert-alkyl or cyclic N) is 1. The van der Waals surface area contributed by atoms with E-state index in [0.29, 0.717) is 56.2 Å². The number of oxime groups is 1. The molecule has 3 aromatic heterocycles. The van der Waals surface area contributed by atoms with Gasteiger partial charge in [-0.2, -0.15) is 5.10 Å². The number of carbonyl (C=O) groups excluding carboxylic acids is 3. The Labute approximate surface area is 393 Å². The number of hydrogen-bond acceptors (Lipinski definition) is 12. The van der Waals surface area contributed by atoms with Crippen molar-refractivity contribution in [3.63, 3.8) is 0 Å². The van der Waals surface area contributed by atoms with Gasteiger partial charge in [-0.15, -0.1) is 11.3 Å². The van der Waals surface area contributed by atoms with Crippen LogP contribution in [0.15, 0.2) is 102 Å². The highest BCUT2D eigenvalue weighted by atomic mass is 32.1. The lowest BCUT2D eigenvalue weighted by molar-refractivity contribution is -0.143. The Morgan fingerprint density at radius 3 is 2.54 bits per heavy atom. The van der Waals surface area contributed by atoms with E-state index < -0.39 is 24.1 Å². The summed E-state index contributed by atoms with van der Waals surface area (Å²) in [4.78, 5) is 54.4. The summed E-state index contributed by atoms with van der Waals surface area (Å²) in [5, 5.41) is 31.7. The summed E-state index contributed by atoms with van der Waals surface area (Å²) < 4.78 is 14.4. The van der Waals surface area contributed by atoms with E-state index in [1.54, 1.807) is 28.9 Å². The quantitative estimate of drug-likeness (QED) is 0.0494. The van der Waals surface area contributed by atoms with Crippen molar-refractivity contribution in [3.8, 4) is 38.6 Å². The molecule has 3 N–H and O–H groups in total. The highest BCUT2D eigenvalue weighted by Gasteiger charge is 2.46. The molecule has 0 radical (unpaired) electrons. The number of nitrogens with zero attached hydrogens (tertiary/aromatic N) is 7.